The second-order valence-electron chi connectivity index (χ2n) is 22.3. The molecule has 21 saturated heterocycles. The van der Waals surface area contributed by atoms with E-state index in [4.69, 9.17) is 77.8 Å². The first-order chi connectivity index (χ1) is 42.2. The van der Waals surface area contributed by atoms with Gasteiger partial charge in [0.1, 0.15) is 171 Å². The van der Waals surface area contributed by atoms with Gasteiger partial charge in [-0.1, -0.05) is 0 Å². The highest BCUT2D eigenvalue weighted by atomic mass is 32.2. The van der Waals surface area contributed by atoms with Gasteiger partial charge in [-0.15, -0.1) is 0 Å². The first-order valence-electron chi connectivity index (χ1n) is 28.1. The Morgan fingerprint density at radius 2 is 0.438 bits per heavy atom. The number of hydrogen-bond donors (Lipinski definition) is 23. The maximum absolute atomic E-state index is 11.7. The zero-order valence-electron chi connectivity index (χ0n) is 46.6. The fourth-order valence-electron chi connectivity index (χ4n) is 11.2. The Balaban J connectivity index is 1.11. The van der Waals surface area contributed by atoms with E-state index in [1.165, 1.54) is 0 Å². The quantitative estimate of drug-likeness (QED) is 0.0724. The van der Waals surface area contributed by atoms with Crippen LogP contribution in [0, 0.1) is 0 Å². The number of hydrogen-bond acceptors (Lipinski definition) is 39. The number of aliphatic carboxylic acids is 2. The SMILES string of the molecule is N[C@H](CSCC1O[C@@H]2O[C@@H]3C(CO)O[C@@H](O[C@@H]4C(CO)O[C@@H](O[C@@H]5C(CSC[C@@H](N)C(=O)O)O[C@@H](O[C@@H]6C(CO)O[C@H](O[C@@H]7C(CO)O[C@H](O[C@@H]8C(CO)O[C@@H](O[C@H]1[C@H](O)C2O)C(O)[C@H]8O)C(O)[C@H]7O)C(O)[C@H]6O)C(O)[C@H]5O)C(O)[C@H]4O)C(O)[C@H]3O)C(=O)O. The number of ether oxygens (including phenoxy) is 14. The van der Waals surface area contributed by atoms with Crippen LogP contribution in [-0.2, 0) is 75.9 Å². The molecule has 14 bridgehead atoms. The zero-order chi connectivity index (χ0) is 65.2. The van der Waals surface area contributed by atoms with Gasteiger partial charge in [0.05, 0.1) is 45.2 Å². The van der Waals surface area contributed by atoms with E-state index in [9.17, 15) is 117 Å². The maximum atomic E-state index is 11.7. The van der Waals surface area contributed by atoms with Crippen LogP contribution in [0.5, 0.6) is 0 Å². The van der Waals surface area contributed by atoms with E-state index in [2.05, 4.69) is 0 Å². The minimum absolute atomic E-state index is 0.319. The van der Waals surface area contributed by atoms with E-state index in [-0.39, 0.29) is 11.5 Å². The molecule has 21 heterocycles. The Kier molecular flexibility index (Phi) is 26.2. The first kappa shape index (κ1) is 73.1. The van der Waals surface area contributed by atoms with Crippen molar-refractivity contribution >= 4 is 35.5 Å². The molecular formula is C48H80N2O37S2. The van der Waals surface area contributed by atoms with E-state index in [1.54, 1.807) is 0 Å². The minimum Gasteiger partial charge on any atom is -0.480 e. The monoisotopic (exact) mass is 1340 g/mol. The summed E-state index contributed by atoms with van der Waals surface area (Å²) in [6.07, 6.45) is -71.4. The summed E-state index contributed by atoms with van der Waals surface area (Å²) >= 11 is 1.60. The fraction of sp³-hybridized carbons (Fsp3) is 0.958. The molecule has 0 amide bonds. The summed E-state index contributed by atoms with van der Waals surface area (Å²) in [4.78, 5) is 23.2. The summed E-state index contributed by atoms with van der Waals surface area (Å²) in [6.45, 7) is -5.43. The molecule has 21 fully saturated rings. The Bertz CT molecular complexity index is 2200. The molecule has 25 N–H and O–H groups in total. The molecule has 21 aliphatic heterocycles. The number of carboxylic acid groups (broad SMARTS) is 2. The van der Waals surface area contributed by atoms with Crippen molar-refractivity contribution in [3.8, 4) is 0 Å². The molecule has 0 aromatic rings. The van der Waals surface area contributed by atoms with Gasteiger partial charge in [-0.25, -0.2) is 0 Å². The van der Waals surface area contributed by atoms with Crippen molar-refractivity contribution < 1.29 is 183 Å². The van der Waals surface area contributed by atoms with Gasteiger partial charge in [-0.3, -0.25) is 9.59 Å². The Morgan fingerprint density at radius 1 is 0.281 bits per heavy atom. The third kappa shape index (κ3) is 15.9. The van der Waals surface area contributed by atoms with Gasteiger partial charge in [-0.05, 0) is 0 Å². The minimum atomic E-state index is -2.27. The lowest BCUT2D eigenvalue weighted by molar-refractivity contribution is -0.395. The number of aliphatic hydroxyl groups excluding tert-OH is 19. The van der Waals surface area contributed by atoms with Gasteiger partial charge in [0.2, 0.25) is 0 Å². The zero-order valence-corrected chi connectivity index (χ0v) is 48.3. The summed E-state index contributed by atoms with van der Waals surface area (Å²) in [5.41, 5.74) is 11.4. The molecule has 41 heteroatoms. The summed E-state index contributed by atoms with van der Waals surface area (Å²) in [5, 5.41) is 233. The Labute approximate surface area is 511 Å². The molecule has 89 heavy (non-hydrogen) atoms. The van der Waals surface area contributed by atoms with Crippen LogP contribution in [0.25, 0.3) is 0 Å². The third-order valence-corrected chi connectivity index (χ3v) is 18.5. The molecule has 0 aromatic heterocycles. The van der Waals surface area contributed by atoms with Gasteiger partial charge in [0, 0.05) is 23.0 Å². The largest absolute Gasteiger partial charge is 0.480 e. The van der Waals surface area contributed by atoms with E-state index in [1.807, 2.05) is 0 Å². The van der Waals surface area contributed by atoms with Crippen LogP contribution in [0.2, 0.25) is 0 Å². The van der Waals surface area contributed by atoms with E-state index in [0.29, 0.717) is 0 Å². The van der Waals surface area contributed by atoms with Crippen LogP contribution in [0.1, 0.15) is 0 Å². The molecule has 39 nitrogen and oxygen atoms in total. The predicted molar refractivity (Wildman–Crippen MR) is 280 cm³/mol. The van der Waals surface area contributed by atoms with Gasteiger partial charge >= 0.3 is 11.9 Å². The van der Waals surface area contributed by atoms with Crippen molar-refractivity contribution in [1.29, 1.82) is 0 Å². The highest BCUT2D eigenvalue weighted by Crippen LogP contribution is 2.40. The van der Waals surface area contributed by atoms with E-state index >= 15 is 0 Å². The van der Waals surface area contributed by atoms with Crippen molar-refractivity contribution in [1.82, 2.24) is 0 Å². The molecule has 14 unspecified atom stereocenters. The molecule has 0 aliphatic carbocycles. The number of carboxylic acids is 2. The van der Waals surface area contributed by atoms with Crippen LogP contribution in [0.15, 0.2) is 0 Å². The summed E-state index contributed by atoms with van der Waals surface area (Å²) in [5.74, 6) is -4.26. The smallest absolute Gasteiger partial charge is 0.321 e. The van der Waals surface area contributed by atoms with Crippen molar-refractivity contribution in [2.24, 2.45) is 11.5 Å². The lowest BCUT2D eigenvalue weighted by Crippen LogP contribution is -2.68. The second kappa shape index (κ2) is 31.9. The van der Waals surface area contributed by atoms with Crippen LogP contribution in [0.3, 0.4) is 0 Å². The molecule has 516 valence electrons. The maximum Gasteiger partial charge on any atom is 0.321 e. The average Bonchev–Trinajstić information content (AvgIpc) is 0.983. The van der Waals surface area contributed by atoms with Crippen LogP contribution in [0.4, 0.5) is 0 Å². The number of aliphatic hydroxyl groups is 19. The summed E-state index contributed by atoms with van der Waals surface area (Å²) in [7, 11) is 0. The van der Waals surface area contributed by atoms with E-state index < -0.39 is 284 Å². The first-order valence-corrected chi connectivity index (χ1v) is 30.4. The molecule has 21 rings (SSSR count). The van der Waals surface area contributed by atoms with Gasteiger partial charge in [0.15, 0.2) is 44.0 Å². The lowest BCUT2D eigenvalue weighted by Gasteiger charge is -2.50. The standard InChI is InChI=1S/C48H80N2O37S2/c49-10(40(70)71)6-88-8-17-38-25(62)32(69)48(80-17)85-37-16(5-55)76-44(28(65)21(37)58)83-35-14(3-53)78-46(30(67)23(35)60)87-39-18(9-89-7-11(50)41(72)73)79-47(31(68)24(39)61)84-36-15(4-54)75-43(27(64)20(36)57)81-33-12(1-51)74-42(26(63)19(33)56)82-34-13(2-52)77-45(86-38)29(66)22(34)59/h10-39,42-48,51-69H,1-9,49-50H2,(H,70,71)(H,72,73)/t10-,11-,12?,13?,14?,15?,16?,17?,18?,19-,20-,21-,22-,23-,24-,25-,26?,27?,28?,29?,30?,31?,32?,33-,34-,35-,36-,37-,38-,39-,42-,43-,44+,45+,46+,47+,48-/m1/s1. The number of nitrogens with two attached hydrogens (primary N) is 2. The Morgan fingerprint density at radius 3 is 0.596 bits per heavy atom. The Hall–Kier alpha value is -1.76. The van der Waals surface area contributed by atoms with Crippen LogP contribution < -0.4 is 11.5 Å². The third-order valence-electron chi connectivity index (χ3n) is 16.2. The number of carbonyl (C=O) groups is 2. The number of thioether (sulfide) groups is 2. The topological polar surface area (TPSA) is 640 Å². The highest BCUT2D eigenvalue weighted by molar-refractivity contribution is 7.99. The number of rotatable bonds is 15. The highest BCUT2D eigenvalue weighted by Gasteiger charge is 2.60. The molecule has 37 atom stereocenters. The van der Waals surface area contributed by atoms with Gasteiger partial charge in [0.25, 0.3) is 0 Å². The van der Waals surface area contributed by atoms with Gasteiger partial charge in [-0.2, -0.15) is 23.5 Å². The molecule has 0 saturated carbocycles. The van der Waals surface area contributed by atoms with Crippen LogP contribution in [-0.4, -0.2) is 402 Å². The molecule has 0 radical (unpaired) electrons. The predicted octanol–water partition coefficient (Wildman–Crippen LogP) is -14.9. The lowest BCUT2D eigenvalue weighted by atomic mass is 9.95. The molecule has 0 spiro atoms. The van der Waals surface area contributed by atoms with Crippen molar-refractivity contribution in [2.75, 3.05) is 56.0 Å². The fourth-order valence-corrected chi connectivity index (χ4v) is 13.2. The summed E-state index contributed by atoms with van der Waals surface area (Å²) in [6, 6.07) is -2.94. The molecule has 0 aromatic carbocycles. The van der Waals surface area contributed by atoms with Crippen molar-refractivity contribution in [3.05, 3.63) is 0 Å². The molecular weight excluding hydrogens is 1260 g/mol. The van der Waals surface area contributed by atoms with Crippen molar-refractivity contribution in [2.45, 2.75) is 227 Å². The normalized spacial score (nSPS) is 50.1. The molecule has 21 aliphatic rings. The summed E-state index contributed by atoms with van der Waals surface area (Å²) < 4.78 is 81.6. The van der Waals surface area contributed by atoms with Crippen molar-refractivity contribution in [3.63, 3.8) is 0 Å². The average molecular weight is 1340 g/mol. The second-order valence-corrected chi connectivity index (χ2v) is 24.4. The van der Waals surface area contributed by atoms with Gasteiger partial charge < -0.3 is 185 Å². The van der Waals surface area contributed by atoms with Crippen LogP contribution >= 0.6 is 23.5 Å². The van der Waals surface area contributed by atoms with E-state index in [0.717, 1.165) is 23.5 Å².